The molecule has 11 nitrogen and oxygen atoms in total. The van der Waals surface area contributed by atoms with Gasteiger partial charge in [-0.2, -0.15) is 0 Å². The summed E-state index contributed by atoms with van der Waals surface area (Å²) in [5.74, 6) is 1.29. The van der Waals surface area contributed by atoms with E-state index in [1.165, 1.54) is 11.9 Å². The molecule has 1 aromatic heterocycles. The standard InChI is InChI=1S/C33H41N7O4/c1-23(33(34)41)27-19-28(30(42-2)20-29(27)39-11-8-25(9-12-39)38-13-16-43-17-14-38)37-31-21-32(36-22-35-31)40-26(10-15-44-40)18-24-6-4-3-5-7-24/h3-7,19-22,25-26H,1,8-18H2,2H3,(H2,34,41)(H,35,36,37)/t26-/m1/s1. The summed E-state index contributed by atoms with van der Waals surface area (Å²) in [5, 5.41) is 5.25. The van der Waals surface area contributed by atoms with Gasteiger partial charge in [-0.15, -0.1) is 0 Å². The number of nitrogens with zero attached hydrogens (tertiary/aromatic N) is 5. The molecule has 3 saturated heterocycles. The molecule has 3 aromatic rings. The van der Waals surface area contributed by atoms with Crippen molar-refractivity contribution >= 4 is 34.5 Å². The molecule has 4 heterocycles. The number of ether oxygens (including phenoxy) is 2. The molecule has 11 heteroatoms. The van der Waals surface area contributed by atoms with Crippen LogP contribution in [0.3, 0.4) is 0 Å². The molecule has 6 rings (SSSR count). The highest BCUT2D eigenvalue weighted by Gasteiger charge is 2.30. The van der Waals surface area contributed by atoms with Gasteiger partial charge in [0.2, 0.25) is 5.91 Å². The van der Waals surface area contributed by atoms with E-state index in [0.717, 1.165) is 70.8 Å². The fraction of sp³-hybridized carbons (Fsp3) is 0.424. The van der Waals surface area contributed by atoms with Crippen LogP contribution >= 0.6 is 0 Å². The van der Waals surface area contributed by atoms with Crippen molar-refractivity contribution in [2.75, 3.05) is 68.4 Å². The summed E-state index contributed by atoms with van der Waals surface area (Å²) in [4.78, 5) is 32.2. The van der Waals surface area contributed by atoms with Crippen LogP contribution in [0.4, 0.5) is 23.0 Å². The first-order chi connectivity index (χ1) is 21.5. The Labute approximate surface area is 258 Å². The van der Waals surface area contributed by atoms with Crippen molar-refractivity contribution in [1.29, 1.82) is 0 Å². The number of anilines is 4. The first-order valence-corrected chi connectivity index (χ1v) is 15.3. The normalized spacial score (nSPS) is 19.6. The lowest BCUT2D eigenvalue weighted by atomic mass is 9.98. The van der Waals surface area contributed by atoms with Gasteiger partial charge < -0.3 is 25.4 Å². The highest BCUT2D eigenvalue weighted by molar-refractivity contribution is 6.19. The largest absolute Gasteiger partial charge is 0.494 e. The number of hydrogen-bond donors (Lipinski definition) is 2. The van der Waals surface area contributed by atoms with Crippen LogP contribution in [-0.4, -0.2) is 86.0 Å². The van der Waals surface area contributed by atoms with Gasteiger partial charge in [0, 0.05) is 61.2 Å². The number of rotatable bonds is 10. The van der Waals surface area contributed by atoms with Gasteiger partial charge in [-0.3, -0.25) is 14.5 Å². The fourth-order valence-corrected chi connectivity index (χ4v) is 6.39. The Hall–Kier alpha value is -4.19. The number of benzene rings is 2. The van der Waals surface area contributed by atoms with E-state index in [0.29, 0.717) is 41.3 Å². The Morgan fingerprint density at radius 3 is 2.55 bits per heavy atom. The molecule has 2 aromatic carbocycles. The molecular weight excluding hydrogens is 558 g/mol. The summed E-state index contributed by atoms with van der Waals surface area (Å²) < 4.78 is 11.4. The molecular formula is C33H41N7O4. The van der Waals surface area contributed by atoms with Gasteiger partial charge in [0.15, 0.2) is 5.82 Å². The lowest BCUT2D eigenvalue weighted by Gasteiger charge is -2.41. The highest BCUT2D eigenvalue weighted by atomic mass is 16.7. The molecule has 1 atom stereocenters. The number of carbonyl (C=O) groups excluding carboxylic acids is 1. The number of amides is 1. The maximum Gasteiger partial charge on any atom is 0.248 e. The smallest absolute Gasteiger partial charge is 0.248 e. The van der Waals surface area contributed by atoms with Gasteiger partial charge in [-0.25, -0.2) is 15.0 Å². The number of hydroxylamine groups is 1. The van der Waals surface area contributed by atoms with Gasteiger partial charge in [0.1, 0.15) is 17.9 Å². The first-order valence-electron chi connectivity index (χ1n) is 15.3. The zero-order valence-electron chi connectivity index (χ0n) is 25.3. The average molecular weight is 600 g/mol. The van der Waals surface area contributed by atoms with Crippen LogP contribution in [0.25, 0.3) is 5.57 Å². The number of piperidine rings is 1. The molecule has 0 radical (unpaired) electrons. The Balaban J connectivity index is 1.23. The van der Waals surface area contributed by atoms with Crippen LogP contribution in [0.2, 0.25) is 0 Å². The van der Waals surface area contributed by atoms with E-state index in [-0.39, 0.29) is 11.6 Å². The number of aromatic nitrogens is 2. The number of carbonyl (C=O) groups is 1. The monoisotopic (exact) mass is 599 g/mol. The molecule has 0 bridgehead atoms. The van der Waals surface area contributed by atoms with Gasteiger partial charge in [0.05, 0.1) is 38.7 Å². The van der Waals surface area contributed by atoms with Crippen LogP contribution in [-0.2, 0) is 20.8 Å². The summed E-state index contributed by atoms with van der Waals surface area (Å²) in [7, 11) is 1.63. The second kappa shape index (κ2) is 13.6. The zero-order valence-corrected chi connectivity index (χ0v) is 25.3. The molecule has 44 heavy (non-hydrogen) atoms. The number of primary amides is 1. The first kappa shape index (κ1) is 29.9. The van der Waals surface area contributed by atoms with Crippen molar-refractivity contribution in [2.45, 2.75) is 37.8 Å². The predicted octanol–water partition coefficient (Wildman–Crippen LogP) is 3.78. The lowest BCUT2D eigenvalue weighted by molar-refractivity contribution is -0.112. The Kier molecular flexibility index (Phi) is 9.25. The zero-order chi connectivity index (χ0) is 30.5. The quantitative estimate of drug-likeness (QED) is 0.334. The molecule has 1 amide bonds. The summed E-state index contributed by atoms with van der Waals surface area (Å²) in [5.41, 5.74) is 9.45. The van der Waals surface area contributed by atoms with Crippen LogP contribution in [0.1, 0.15) is 30.4 Å². The fourth-order valence-electron chi connectivity index (χ4n) is 6.39. The van der Waals surface area contributed by atoms with E-state index in [9.17, 15) is 4.79 Å². The topological polar surface area (TPSA) is 118 Å². The van der Waals surface area contributed by atoms with Gasteiger partial charge >= 0.3 is 0 Å². The van der Waals surface area contributed by atoms with Gasteiger partial charge in [0.25, 0.3) is 0 Å². The van der Waals surface area contributed by atoms with E-state index in [2.05, 4.69) is 55.9 Å². The third kappa shape index (κ3) is 6.64. The molecule has 232 valence electrons. The van der Waals surface area contributed by atoms with Crippen LogP contribution in [0.5, 0.6) is 5.75 Å². The molecule has 0 saturated carbocycles. The molecule has 0 spiro atoms. The number of morpholine rings is 1. The Morgan fingerprint density at radius 2 is 1.82 bits per heavy atom. The maximum atomic E-state index is 12.4. The molecule has 3 aliphatic rings. The summed E-state index contributed by atoms with van der Waals surface area (Å²) in [6.45, 7) is 9.91. The Morgan fingerprint density at radius 1 is 1.05 bits per heavy atom. The third-order valence-electron chi connectivity index (χ3n) is 8.78. The summed E-state index contributed by atoms with van der Waals surface area (Å²) >= 11 is 0. The minimum atomic E-state index is -0.564. The van der Waals surface area contributed by atoms with Crippen molar-refractivity contribution < 1.29 is 19.1 Å². The van der Waals surface area contributed by atoms with Crippen LogP contribution in [0, 0.1) is 0 Å². The van der Waals surface area contributed by atoms with Crippen molar-refractivity contribution in [1.82, 2.24) is 14.9 Å². The summed E-state index contributed by atoms with van der Waals surface area (Å²) in [6.07, 6.45) is 5.32. The van der Waals surface area contributed by atoms with Crippen molar-refractivity contribution in [2.24, 2.45) is 5.73 Å². The second-order valence-corrected chi connectivity index (χ2v) is 11.5. The average Bonchev–Trinajstić information content (AvgIpc) is 3.53. The summed E-state index contributed by atoms with van der Waals surface area (Å²) in [6, 6.07) is 16.8. The van der Waals surface area contributed by atoms with E-state index >= 15 is 0 Å². The van der Waals surface area contributed by atoms with E-state index < -0.39 is 5.91 Å². The van der Waals surface area contributed by atoms with Gasteiger partial charge in [-0.05, 0) is 37.3 Å². The van der Waals surface area contributed by atoms with Crippen molar-refractivity contribution in [3.05, 3.63) is 72.6 Å². The molecule has 3 N–H and O–H groups in total. The predicted molar refractivity (Wildman–Crippen MR) is 171 cm³/mol. The van der Waals surface area contributed by atoms with Crippen molar-refractivity contribution in [3.8, 4) is 5.75 Å². The van der Waals surface area contributed by atoms with Crippen LogP contribution in [0.15, 0.2) is 61.4 Å². The molecule has 3 fully saturated rings. The second-order valence-electron chi connectivity index (χ2n) is 11.5. The lowest BCUT2D eigenvalue weighted by Crippen LogP contribution is -2.49. The highest BCUT2D eigenvalue weighted by Crippen LogP contribution is 2.39. The minimum absolute atomic E-state index is 0.159. The number of nitrogens with two attached hydrogens (primary N) is 1. The van der Waals surface area contributed by atoms with E-state index in [4.69, 9.17) is 20.0 Å². The third-order valence-corrected chi connectivity index (χ3v) is 8.78. The van der Waals surface area contributed by atoms with E-state index in [1.807, 2.05) is 29.3 Å². The van der Waals surface area contributed by atoms with Crippen LogP contribution < -0.4 is 25.8 Å². The van der Waals surface area contributed by atoms with E-state index in [1.54, 1.807) is 7.11 Å². The molecule has 0 aliphatic carbocycles. The Bertz CT molecular complexity index is 1460. The maximum absolute atomic E-state index is 12.4. The SMILES string of the molecule is C=C(C(N)=O)c1cc(Nc2cc(N3OCC[C@@H]3Cc3ccccc3)ncn2)c(OC)cc1N1CCC(N2CCOCC2)CC1. The minimum Gasteiger partial charge on any atom is -0.494 e. The van der Waals surface area contributed by atoms with Gasteiger partial charge in [-0.1, -0.05) is 36.9 Å². The van der Waals surface area contributed by atoms with Crippen molar-refractivity contribution in [3.63, 3.8) is 0 Å². The number of hydrogen-bond acceptors (Lipinski definition) is 10. The molecule has 0 unspecified atom stereocenters. The number of methoxy groups -OCH3 is 1. The molecule has 3 aliphatic heterocycles. The number of nitrogens with one attached hydrogen (secondary N) is 1.